The third-order valence-electron chi connectivity index (χ3n) is 2.52. The molecule has 108 valence electrons. The summed E-state index contributed by atoms with van der Waals surface area (Å²) in [5.41, 5.74) is -0.0804. The van der Waals surface area contributed by atoms with Crippen molar-refractivity contribution < 1.29 is 17.5 Å². The lowest BCUT2D eigenvalue weighted by atomic mass is 9.90. The van der Waals surface area contributed by atoms with Gasteiger partial charge in [0.1, 0.15) is 18.5 Å². The Kier molecular flexibility index (Phi) is 4.96. The van der Waals surface area contributed by atoms with Crippen LogP contribution in [0, 0.1) is 5.41 Å². The van der Waals surface area contributed by atoms with Crippen molar-refractivity contribution in [1.82, 2.24) is 0 Å². The quantitative estimate of drug-likeness (QED) is 0.835. The van der Waals surface area contributed by atoms with Gasteiger partial charge in [-0.25, -0.2) is 12.8 Å². The van der Waals surface area contributed by atoms with Gasteiger partial charge in [-0.15, -0.1) is 0 Å². The Morgan fingerprint density at radius 2 is 1.74 bits per heavy atom. The van der Waals surface area contributed by atoms with Crippen LogP contribution in [-0.4, -0.2) is 27.5 Å². The van der Waals surface area contributed by atoms with E-state index in [1.165, 1.54) is 12.1 Å². The van der Waals surface area contributed by atoms with Crippen LogP contribution in [0.5, 0.6) is 5.75 Å². The van der Waals surface area contributed by atoms with Crippen molar-refractivity contribution in [3.8, 4) is 5.75 Å². The molecule has 19 heavy (non-hydrogen) atoms. The summed E-state index contributed by atoms with van der Waals surface area (Å²) in [6.45, 7) is 5.90. The second-order valence-electron chi connectivity index (χ2n) is 5.92. The van der Waals surface area contributed by atoms with Crippen molar-refractivity contribution in [3.05, 3.63) is 24.3 Å². The Hall–Kier alpha value is -1.10. The highest BCUT2D eigenvalue weighted by Crippen LogP contribution is 2.23. The van der Waals surface area contributed by atoms with E-state index < -0.39 is 16.0 Å². The predicted octanol–water partition coefficient (Wildman–Crippen LogP) is 3.24. The molecule has 0 saturated heterocycles. The zero-order chi connectivity index (χ0) is 14.7. The Balaban J connectivity index is 2.55. The molecule has 1 rings (SSSR count). The second kappa shape index (κ2) is 5.90. The van der Waals surface area contributed by atoms with Gasteiger partial charge in [0, 0.05) is 6.26 Å². The molecule has 0 aliphatic heterocycles. The fourth-order valence-electron chi connectivity index (χ4n) is 1.69. The zero-order valence-electron chi connectivity index (χ0n) is 11.8. The zero-order valence-corrected chi connectivity index (χ0v) is 12.6. The highest BCUT2D eigenvalue weighted by molar-refractivity contribution is 7.90. The van der Waals surface area contributed by atoms with Crippen molar-refractivity contribution >= 4 is 9.84 Å². The number of rotatable bonds is 5. The Morgan fingerprint density at radius 1 is 1.21 bits per heavy atom. The lowest BCUT2D eigenvalue weighted by molar-refractivity contribution is 0.148. The van der Waals surface area contributed by atoms with Gasteiger partial charge in [-0.2, -0.15) is 0 Å². The smallest absolute Gasteiger partial charge is 0.175 e. The van der Waals surface area contributed by atoms with E-state index in [4.69, 9.17) is 4.74 Å². The van der Waals surface area contributed by atoms with Crippen LogP contribution >= 0.6 is 0 Å². The number of hydrogen-bond acceptors (Lipinski definition) is 3. The minimum Gasteiger partial charge on any atom is -0.491 e. The maximum Gasteiger partial charge on any atom is 0.175 e. The molecule has 0 spiro atoms. The van der Waals surface area contributed by atoms with Gasteiger partial charge in [0.2, 0.25) is 0 Å². The Labute approximate surface area is 114 Å². The summed E-state index contributed by atoms with van der Waals surface area (Å²) in [4.78, 5) is 0.228. The molecule has 3 nitrogen and oxygen atoms in total. The van der Waals surface area contributed by atoms with Crippen molar-refractivity contribution in [2.45, 2.75) is 38.3 Å². The molecule has 0 aliphatic rings. The molecule has 0 radical (unpaired) electrons. The number of alkyl halides is 1. The highest BCUT2D eigenvalue weighted by Gasteiger charge is 2.18. The minimum atomic E-state index is -3.20. The number of benzene rings is 1. The average Bonchev–Trinajstić information content (AvgIpc) is 2.23. The van der Waals surface area contributed by atoms with Crippen molar-refractivity contribution in [3.63, 3.8) is 0 Å². The Bertz CT molecular complexity index is 500. The van der Waals surface area contributed by atoms with Gasteiger partial charge in [-0.1, -0.05) is 20.8 Å². The minimum absolute atomic E-state index is 0.0184. The van der Waals surface area contributed by atoms with Gasteiger partial charge in [0.25, 0.3) is 0 Å². The molecule has 1 aromatic carbocycles. The maximum absolute atomic E-state index is 13.6. The van der Waals surface area contributed by atoms with Crippen molar-refractivity contribution in [1.29, 1.82) is 0 Å². The van der Waals surface area contributed by atoms with E-state index >= 15 is 0 Å². The summed E-state index contributed by atoms with van der Waals surface area (Å²) < 4.78 is 41.5. The third kappa shape index (κ3) is 6.05. The van der Waals surface area contributed by atoms with Crippen LogP contribution in [0.2, 0.25) is 0 Å². The second-order valence-corrected chi connectivity index (χ2v) is 7.93. The molecule has 0 aliphatic carbocycles. The van der Waals surface area contributed by atoms with Crippen LogP contribution in [0.25, 0.3) is 0 Å². The number of halogens is 1. The van der Waals surface area contributed by atoms with Gasteiger partial charge in [-0.05, 0) is 36.1 Å². The standard InChI is InChI=1S/C14H21FO3S/c1-14(2,3)9-11(15)10-18-12-5-7-13(8-6-12)19(4,16)17/h5-8,11H,9-10H2,1-4H3. The summed E-state index contributed by atoms with van der Waals surface area (Å²) in [6.07, 6.45) is 0.535. The first kappa shape index (κ1) is 16.0. The lowest BCUT2D eigenvalue weighted by Gasteiger charge is -2.21. The molecule has 0 N–H and O–H groups in total. The van der Waals surface area contributed by atoms with Crippen LogP contribution in [0.4, 0.5) is 4.39 Å². The number of hydrogen-bond donors (Lipinski definition) is 0. The summed E-state index contributed by atoms with van der Waals surface area (Å²) in [5, 5.41) is 0. The van der Waals surface area contributed by atoms with Crippen molar-refractivity contribution in [2.75, 3.05) is 12.9 Å². The Morgan fingerprint density at radius 3 is 2.16 bits per heavy atom. The van der Waals surface area contributed by atoms with Crippen LogP contribution in [-0.2, 0) is 9.84 Å². The summed E-state index contributed by atoms with van der Waals surface area (Å²) in [7, 11) is -3.20. The monoisotopic (exact) mass is 288 g/mol. The van der Waals surface area contributed by atoms with Crippen molar-refractivity contribution in [2.24, 2.45) is 5.41 Å². The fraction of sp³-hybridized carbons (Fsp3) is 0.571. The van der Waals surface area contributed by atoms with Gasteiger partial charge >= 0.3 is 0 Å². The third-order valence-corrected chi connectivity index (χ3v) is 3.65. The fourth-order valence-corrected chi connectivity index (χ4v) is 2.32. The van der Waals surface area contributed by atoms with Crippen LogP contribution in [0.15, 0.2) is 29.2 Å². The number of sulfone groups is 1. The largest absolute Gasteiger partial charge is 0.491 e. The summed E-state index contributed by atoms with van der Waals surface area (Å²) in [5.74, 6) is 0.476. The SMILES string of the molecule is CC(C)(C)CC(F)COc1ccc(S(C)(=O)=O)cc1. The molecular formula is C14H21FO3S. The van der Waals surface area contributed by atoms with E-state index in [-0.39, 0.29) is 16.9 Å². The first-order chi connectivity index (χ1) is 8.58. The van der Waals surface area contributed by atoms with Gasteiger partial charge in [0.05, 0.1) is 4.90 Å². The maximum atomic E-state index is 13.6. The van der Waals surface area contributed by atoms with E-state index in [1.54, 1.807) is 12.1 Å². The molecule has 0 fully saturated rings. The van der Waals surface area contributed by atoms with Gasteiger partial charge < -0.3 is 4.74 Å². The van der Waals surface area contributed by atoms with Crippen LogP contribution in [0.3, 0.4) is 0 Å². The van der Waals surface area contributed by atoms with E-state index in [0.717, 1.165) is 6.26 Å². The topological polar surface area (TPSA) is 43.4 Å². The van der Waals surface area contributed by atoms with Crippen LogP contribution in [0.1, 0.15) is 27.2 Å². The van der Waals surface area contributed by atoms with E-state index in [9.17, 15) is 12.8 Å². The highest BCUT2D eigenvalue weighted by atomic mass is 32.2. The average molecular weight is 288 g/mol. The molecule has 1 atom stereocenters. The lowest BCUT2D eigenvalue weighted by Crippen LogP contribution is -2.20. The first-order valence-corrected chi connectivity index (χ1v) is 8.04. The van der Waals surface area contributed by atoms with Gasteiger partial charge in [-0.3, -0.25) is 0 Å². The van der Waals surface area contributed by atoms with E-state index in [1.807, 2.05) is 20.8 Å². The first-order valence-electron chi connectivity index (χ1n) is 6.15. The van der Waals surface area contributed by atoms with Crippen LogP contribution < -0.4 is 4.74 Å². The van der Waals surface area contributed by atoms with E-state index in [0.29, 0.717) is 12.2 Å². The molecule has 1 aromatic rings. The molecule has 0 aromatic heterocycles. The molecule has 0 saturated carbocycles. The molecular weight excluding hydrogens is 267 g/mol. The molecule has 1 unspecified atom stereocenters. The predicted molar refractivity (Wildman–Crippen MR) is 74.0 cm³/mol. The normalized spacial score (nSPS) is 14.2. The van der Waals surface area contributed by atoms with E-state index in [2.05, 4.69) is 0 Å². The molecule has 0 bridgehead atoms. The molecule has 5 heteroatoms. The molecule has 0 heterocycles. The number of ether oxygens (including phenoxy) is 1. The summed E-state index contributed by atoms with van der Waals surface area (Å²) >= 11 is 0. The van der Waals surface area contributed by atoms with Gasteiger partial charge in [0.15, 0.2) is 9.84 Å². The molecule has 0 amide bonds. The summed E-state index contributed by atoms with van der Waals surface area (Å²) in [6, 6.07) is 6.00.